The number of hydrogen-bond donors (Lipinski definition) is 0. The van der Waals surface area contributed by atoms with E-state index in [0.29, 0.717) is 0 Å². The molecular weight excluding hydrogens is 306 g/mol. The molecule has 3 nitrogen and oxygen atoms in total. The highest BCUT2D eigenvalue weighted by atomic mass is 15.3. The lowest BCUT2D eigenvalue weighted by atomic mass is 10.1. The molecule has 0 aliphatic rings. The van der Waals surface area contributed by atoms with E-state index in [4.69, 9.17) is 0 Å². The molecule has 2 aromatic heterocycles. The van der Waals surface area contributed by atoms with Gasteiger partial charge in [0, 0.05) is 30.4 Å². The average Bonchev–Trinajstić information content (AvgIpc) is 2.90. The van der Waals surface area contributed by atoms with Gasteiger partial charge in [-0.15, -0.1) is 0 Å². The van der Waals surface area contributed by atoms with Crippen LogP contribution in [0.5, 0.6) is 0 Å². The Morgan fingerprint density at radius 1 is 0.960 bits per heavy atom. The summed E-state index contributed by atoms with van der Waals surface area (Å²) in [5.41, 5.74) is 4.13. The molecule has 0 bridgehead atoms. The van der Waals surface area contributed by atoms with Crippen molar-refractivity contribution in [3.8, 4) is 0 Å². The average molecular weight is 338 g/mol. The van der Waals surface area contributed by atoms with Crippen LogP contribution in [-0.2, 0) is 26.4 Å². The lowest BCUT2D eigenvalue weighted by Gasteiger charge is -2.22. The van der Waals surface area contributed by atoms with E-state index in [0.717, 1.165) is 23.9 Å². The molecule has 0 unspecified atom stereocenters. The second-order valence-corrected chi connectivity index (χ2v) is 8.07. The quantitative estimate of drug-likeness (QED) is 0.462. The molecule has 0 atom stereocenters. The zero-order valence-electron chi connectivity index (χ0n) is 16.1. The number of fused-ring (bicyclic) bond motifs is 1. The Bertz CT molecular complexity index is 823. The third kappa shape index (κ3) is 4.70. The van der Waals surface area contributed by atoms with Crippen molar-refractivity contribution in [2.75, 3.05) is 27.7 Å². The van der Waals surface area contributed by atoms with Crippen LogP contribution in [0.2, 0.25) is 0 Å². The molecular formula is C22H31N3+2. The summed E-state index contributed by atoms with van der Waals surface area (Å²) in [5.74, 6) is 0. The van der Waals surface area contributed by atoms with E-state index in [9.17, 15) is 0 Å². The predicted octanol–water partition coefficient (Wildman–Crippen LogP) is 3.35. The Morgan fingerprint density at radius 3 is 2.36 bits per heavy atom. The van der Waals surface area contributed by atoms with Gasteiger partial charge in [-0.2, -0.15) is 0 Å². The van der Waals surface area contributed by atoms with Gasteiger partial charge in [-0.1, -0.05) is 18.2 Å². The van der Waals surface area contributed by atoms with Crippen LogP contribution in [0.3, 0.4) is 0 Å². The maximum absolute atomic E-state index is 2.32. The van der Waals surface area contributed by atoms with Gasteiger partial charge in [0.05, 0.1) is 34.1 Å². The Labute approximate surface area is 151 Å². The van der Waals surface area contributed by atoms with Gasteiger partial charge < -0.3 is 9.05 Å². The molecule has 3 rings (SSSR count). The van der Waals surface area contributed by atoms with Crippen LogP contribution in [0, 0.1) is 0 Å². The zero-order chi connectivity index (χ0) is 17.9. The van der Waals surface area contributed by atoms with E-state index in [1.54, 1.807) is 0 Å². The lowest BCUT2D eigenvalue weighted by Crippen LogP contribution is -2.39. The Kier molecular flexibility index (Phi) is 5.24. The highest BCUT2D eigenvalue weighted by Crippen LogP contribution is 2.19. The number of para-hydroxylation sites is 1. The van der Waals surface area contributed by atoms with Crippen molar-refractivity contribution >= 4 is 10.9 Å². The van der Waals surface area contributed by atoms with Crippen molar-refractivity contribution in [2.45, 2.75) is 25.8 Å². The summed E-state index contributed by atoms with van der Waals surface area (Å²) >= 11 is 0. The molecule has 0 aliphatic carbocycles. The number of nitrogens with zero attached hydrogens (tertiary/aromatic N) is 3. The van der Waals surface area contributed by atoms with Gasteiger partial charge in [-0.3, -0.25) is 0 Å². The Balaban J connectivity index is 1.57. The van der Waals surface area contributed by atoms with Crippen LogP contribution in [-0.4, -0.2) is 36.7 Å². The van der Waals surface area contributed by atoms with Gasteiger partial charge in [0.2, 0.25) is 0 Å². The van der Waals surface area contributed by atoms with Crippen LogP contribution in [0.1, 0.15) is 17.7 Å². The number of pyridine rings is 1. The van der Waals surface area contributed by atoms with Crippen molar-refractivity contribution in [1.29, 1.82) is 0 Å². The summed E-state index contributed by atoms with van der Waals surface area (Å²) < 4.78 is 5.66. The third-order valence-corrected chi connectivity index (χ3v) is 4.93. The second kappa shape index (κ2) is 7.40. The second-order valence-electron chi connectivity index (χ2n) is 8.07. The smallest absolute Gasteiger partial charge is 0.169 e. The fraction of sp³-hybridized carbons (Fsp3) is 0.409. The molecule has 25 heavy (non-hydrogen) atoms. The number of hydrogen-bond acceptors (Lipinski definition) is 0. The molecule has 3 aromatic rings. The molecule has 0 saturated carbocycles. The third-order valence-electron chi connectivity index (χ3n) is 4.93. The first-order chi connectivity index (χ1) is 11.9. The number of quaternary nitrogens is 1. The summed E-state index contributed by atoms with van der Waals surface area (Å²) in [6, 6.07) is 15.5. The van der Waals surface area contributed by atoms with Crippen LogP contribution in [0.4, 0.5) is 0 Å². The number of aryl methyl sites for hydroxylation is 4. The first-order valence-corrected chi connectivity index (χ1v) is 9.24. The van der Waals surface area contributed by atoms with Crippen molar-refractivity contribution in [1.82, 2.24) is 4.57 Å². The van der Waals surface area contributed by atoms with Gasteiger partial charge in [0.1, 0.15) is 0 Å². The van der Waals surface area contributed by atoms with E-state index >= 15 is 0 Å². The van der Waals surface area contributed by atoms with Crippen molar-refractivity contribution in [3.05, 3.63) is 66.1 Å². The zero-order valence-corrected chi connectivity index (χ0v) is 16.1. The van der Waals surface area contributed by atoms with Gasteiger partial charge in [0.15, 0.2) is 18.9 Å². The number of rotatable bonds is 7. The minimum absolute atomic E-state index is 1.03. The van der Waals surface area contributed by atoms with Crippen molar-refractivity contribution in [2.24, 2.45) is 7.05 Å². The van der Waals surface area contributed by atoms with Crippen molar-refractivity contribution < 1.29 is 9.05 Å². The normalized spacial score (nSPS) is 12.0. The van der Waals surface area contributed by atoms with E-state index < -0.39 is 0 Å². The van der Waals surface area contributed by atoms with Crippen LogP contribution >= 0.6 is 0 Å². The Morgan fingerprint density at radius 2 is 1.68 bits per heavy atom. The van der Waals surface area contributed by atoms with E-state index in [2.05, 4.69) is 92.2 Å². The maximum atomic E-state index is 2.32. The molecule has 1 aromatic carbocycles. The molecule has 0 radical (unpaired) electrons. The molecule has 0 N–H and O–H groups in total. The standard InChI is InChI=1S/C22H31N3/c1-23-21(18-20-8-5-6-9-22(20)23)11-10-19-12-15-24(16-13-19)14-7-17-25(2,3)4/h5-6,8-9,12-13,15-16,18H,7,10-11,14,17H2,1-4H3/q+2. The van der Waals surface area contributed by atoms with E-state index in [-0.39, 0.29) is 0 Å². The summed E-state index contributed by atoms with van der Waals surface area (Å²) in [5, 5.41) is 1.34. The number of benzene rings is 1. The van der Waals surface area contributed by atoms with Crippen LogP contribution in [0.25, 0.3) is 10.9 Å². The number of aromatic nitrogens is 2. The summed E-state index contributed by atoms with van der Waals surface area (Å²) in [4.78, 5) is 0. The molecule has 0 amide bonds. The molecule has 0 spiro atoms. The predicted molar refractivity (Wildman–Crippen MR) is 104 cm³/mol. The molecule has 2 heterocycles. The SMILES string of the molecule is Cn1c(CCc2cc[n+](CCC[N+](C)(C)C)cc2)cc2ccccc21. The van der Waals surface area contributed by atoms with Crippen LogP contribution in [0.15, 0.2) is 54.9 Å². The minimum Gasteiger partial charge on any atom is -0.348 e. The monoisotopic (exact) mass is 337 g/mol. The van der Waals surface area contributed by atoms with Crippen LogP contribution < -0.4 is 4.57 Å². The first kappa shape index (κ1) is 17.7. The van der Waals surface area contributed by atoms with E-state index in [1.165, 1.54) is 35.1 Å². The first-order valence-electron chi connectivity index (χ1n) is 9.24. The highest BCUT2D eigenvalue weighted by molar-refractivity contribution is 5.81. The molecule has 0 fully saturated rings. The Hall–Kier alpha value is -2.13. The minimum atomic E-state index is 1.03. The summed E-state index contributed by atoms with van der Waals surface area (Å²) in [7, 11) is 8.92. The maximum Gasteiger partial charge on any atom is 0.169 e. The molecule has 0 saturated heterocycles. The van der Waals surface area contributed by atoms with Gasteiger partial charge in [-0.25, -0.2) is 4.57 Å². The molecule has 0 aliphatic heterocycles. The lowest BCUT2D eigenvalue weighted by molar-refractivity contribution is -0.873. The van der Waals surface area contributed by atoms with Gasteiger partial charge in [0.25, 0.3) is 0 Å². The largest absolute Gasteiger partial charge is 0.348 e. The molecule has 3 heteroatoms. The van der Waals surface area contributed by atoms with Gasteiger partial charge in [-0.05, 0) is 35.9 Å². The molecule has 132 valence electrons. The topological polar surface area (TPSA) is 8.81 Å². The fourth-order valence-corrected chi connectivity index (χ4v) is 3.39. The van der Waals surface area contributed by atoms with Crippen molar-refractivity contribution in [3.63, 3.8) is 0 Å². The summed E-state index contributed by atoms with van der Waals surface area (Å²) in [6.07, 6.45) is 7.84. The highest BCUT2D eigenvalue weighted by Gasteiger charge is 2.09. The summed E-state index contributed by atoms with van der Waals surface area (Å²) in [6.45, 7) is 2.30. The van der Waals surface area contributed by atoms with Gasteiger partial charge >= 0.3 is 0 Å². The van der Waals surface area contributed by atoms with E-state index in [1.807, 2.05) is 0 Å². The fourth-order valence-electron chi connectivity index (χ4n) is 3.39.